The molecular formula is C15H21F3N2O3. The molecule has 0 heterocycles. The summed E-state index contributed by atoms with van der Waals surface area (Å²) < 4.78 is 41.6. The average Bonchev–Trinajstić information content (AvgIpc) is 2.43. The Balaban J connectivity index is 2.56. The first-order valence-electron chi connectivity index (χ1n) is 7.16. The van der Waals surface area contributed by atoms with Crippen molar-refractivity contribution in [2.75, 3.05) is 13.2 Å². The van der Waals surface area contributed by atoms with Crippen molar-refractivity contribution in [3.8, 4) is 5.75 Å². The number of rotatable bonds is 7. The fourth-order valence-corrected chi connectivity index (χ4v) is 1.73. The normalized spacial score (nSPS) is 12.6. The second-order valence-corrected chi connectivity index (χ2v) is 5.26. The van der Waals surface area contributed by atoms with Crippen LogP contribution in [0, 0.1) is 6.92 Å². The Morgan fingerprint density at radius 3 is 2.65 bits per heavy atom. The molecule has 1 rings (SSSR count). The zero-order valence-corrected chi connectivity index (χ0v) is 13.0. The van der Waals surface area contributed by atoms with Crippen LogP contribution in [-0.2, 0) is 6.54 Å². The summed E-state index contributed by atoms with van der Waals surface area (Å²) in [6.07, 6.45) is -4.53. The summed E-state index contributed by atoms with van der Waals surface area (Å²) in [6, 6.07) is 4.36. The fraction of sp³-hybridized carbons (Fsp3) is 0.533. The molecule has 0 saturated carbocycles. The summed E-state index contributed by atoms with van der Waals surface area (Å²) >= 11 is 0. The van der Waals surface area contributed by atoms with Crippen LogP contribution in [0.5, 0.6) is 5.75 Å². The predicted octanol–water partition coefficient (Wildman–Crippen LogP) is 2.51. The van der Waals surface area contributed by atoms with Crippen LogP contribution in [0.15, 0.2) is 18.2 Å². The lowest BCUT2D eigenvalue weighted by Crippen LogP contribution is -2.36. The number of hydrogen-bond acceptors (Lipinski definition) is 3. The van der Waals surface area contributed by atoms with Crippen LogP contribution in [-0.4, -0.2) is 36.6 Å². The van der Waals surface area contributed by atoms with E-state index in [1.165, 1.54) is 6.07 Å². The van der Waals surface area contributed by atoms with Gasteiger partial charge in [0.1, 0.15) is 5.75 Å². The first kappa shape index (κ1) is 19.1. The van der Waals surface area contributed by atoms with Gasteiger partial charge in [-0.05, 0) is 31.9 Å². The van der Waals surface area contributed by atoms with Crippen LogP contribution in [0.4, 0.5) is 18.0 Å². The molecule has 0 aromatic heterocycles. The Bertz CT molecular complexity index is 519. The van der Waals surface area contributed by atoms with Gasteiger partial charge in [-0.1, -0.05) is 12.1 Å². The van der Waals surface area contributed by atoms with Crippen molar-refractivity contribution in [1.29, 1.82) is 0 Å². The lowest BCUT2D eigenvalue weighted by molar-refractivity contribution is -0.153. The van der Waals surface area contributed by atoms with Crippen LogP contribution in [0.1, 0.15) is 24.5 Å². The number of ether oxygens (including phenoxy) is 1. The van der Waals surface area contributed by atoms with Crippen molar-refractivity contribution in [1.82, 2.24) is 10.6 Å². The van der Waals surface area contributed by atoms with E-state index >= 15 is 0 Å². The minimum atomic E-state index is -4.42. The van der Waals surface area contributed by atoms with Gasteiger partial charge in [0.05, 0.1) is 6.10 Å². The van der Waals surface area contributed by atoms with Gasteiger partial charge in [-0.25, -0.2) is 4.79 Å². The monoisotopic (exact) mass is 334 g/mol. The largest absolute Gasteiger partial charge is 0.484 e. The Hall–Kier alpha value is -1.96. The molecule has 1 aromatic carbocycles. The number of halogens is 3. The van der Waals surface area contributed by atoms with Crippen LogP contribution in [0.3, 0.4) is 0 Å². The highest BCUT2D eigenvalue weighted by Crippen LogP contribution is 2.23. The maximum atomic E-state index is 12.3. The number of nitrogens with one attached hydrogen (secondary N) is 2. The van der Waals surface area contributed by atoms with E-state index in [4.69, 9.17) is 9.84 Å². The van der Waals surface area contributed by atoms with Crippen molar-refractivity contribution in [2.24, 2.45) is 0 Å². The lowest BCUT2D eigenvalue weighted by Gasteiger charge is -2.15. The molecule has 0 radical (unpaired) electrons. The van der Waals surface area contributed by atoms with Gasteiger partial charge in [0.25, 0.3) is 0 Å². The molecule has 23 heavy (non-hydrogen) atoms. The lowest BCUT2D eigenvalue weighted by atomic mass is 10.1. The van der Waals surface area contributed by atoms with Crippen LogP contribution in [0.2, 0.25) is 0 Å². The average molecular weight is 334 g/mol. The number of alkyl halides is 3. The minimum Gasteiger partial charge on any atom is -0.484 e. The topological polar surface area (TPSA) is 70.6 Å². The second kappa shape index (κ2) is 8.61. The van der Waals surface area contributed by atoms with E-state index in [2.05, 4.69) is 10.6 Å². The summed E-state index contributed by atoms with van der Waals surface area (Å²) in [5, 5.41) is 14.2. The van der Waals surface area contributed by atoms with E-state index in [-0.39, 0.29) is 12.3 Å². The third kappa shape index (κ3) is 8.29. The van der Waals surface area contributed by atoms with E-state index in [9.17, 15) is 18.0 Å². The van der Waals surface area contributed by atoms with Gasteiger partial charge in [-0.2, -0.15) is 13.2 Å². The Labute approximate surface area is 132 Å². The number of urea groups is 1. The summed E-state index contributed by atoms with van der Waals surface area (Å²) in [4.78, 5) is 11.6. The van der Waals surface area contributed by atoms with Crippen LogP contribution >= 0.6 is 0 Å². The molecule has 1 aromatic rings. The molecule has 2 amide bonds. The van der Waals surface area contributed by atoms with E-state index < -0.39 is 24.9 Å². The van der Waals surface area contributed by atoms with E-state index in [0.717, 1.165) is 5.56 Å². The molecule has 3 N–H and O–H groups in total. The van der Waals surface area contributed by atoms with Crippen molar-refractivity contribution in [3.63, 3.8) is 0 Å². The molecular weight excluding hydrogens is 313 g/mol. The molecule has 0 aliphatic carbocycles. The molecule has 5 nitrogen and oxygen atoms in total. The van der Waals surface area contributed by atoms with E-state index in [1.54, 1.807) is 26.0 Å². The number of carbonyl (C=O) groups is 1. The number of aliphatic hydroxyl groups excluding tert-OH is 1. The summed E-state index contributed by atoms with van der Waals surface area (Å²) in [5.74, 6) is 0.0894. The number of aryl methyl sites for hydroxylation is 1. The van der Waals surface area contributed by atoms with Gasteiger partial charge in [0.2, 0.25) is 0 Å². The molecule has 0 bridgehead atoms. The van der Waals surface area contributed by atoms with Crippen molar-refractivity contribution < 1.29 is 27.8 Å². The van der Waals surface area contributed by atoms with Gasteiger partial charge in [0.15, 0.2) is 6.61 Å². The zero-order valence-electron chi connectivity index (χ0n) is 13.0. The van der Waals surface area contributed by atoms with Crippen molar-refractivity contribution in [3.05, 3.63) is 29.3 Å². The minimum absolute atomic E-state index is 0.0357. The number of carbonyl (C=O) groups excluding carboxylic acids is 1. The molecule has 0 aliphatic heterocycles. The van der Waals surface area contributed by atoms with E-state index in [1.807, 2.05) is 0 Å². The Morgan fingerprint density at radius 2 is 2.04 bits per heavy atom. The van der Waals surface area contributed by atoms with Crippen molar-refractivity contribution in [2.45, 2.75) is 39.1 Å². The third-order valence-corrected chi connectivity index (χ3v) is 2.90. The second-order valence-electron chi connectivity index (χ2n) is 5.26. The smallest absolute Gasteiger partial charge is 0.422 e. The van der Waals surface area contributed by atoms with Gasteiger partial charge in [-0.3, -0.25) is 0 Å². The van der Waals surface area contributed by atoms with Gasteiger partial charge in [0, 0.05) is 18.7 Å². The summed E-state index contributed by atoms with van der Waals surface area (Å²) in [7, 11) is 0. The highest BCUT2D eigenvalue weighted by Gasteiger charge is 2.28. The molecule has 1 unspecified atom stereocenters. The molecule has 0 spiro atoms. The van der Waals surface area contributed by atoms with Gasteiger partial charge in [-0.15, -0.1) is 0 Å². The van der Waals surface area contributed by atoms with Crippen LogP contribution in [0.25, 0.3) is 0 Å². The number of benzene rings is 1. The molecule has 1 atom stereocenters. The number of aliphatic hydroxyl groups is 1. The standard InChI is InChI=1S/C15H21F3N2O3/c1-10-3-4-12(13(7-10)23-9-15(16,17)18)8-20-14(22)19-6-5-11(2)21/h3-4,7,11,21H,5-6,8-9H2,1-2H3,(H2,19,20,22). The number of hydrogen-bond donors (Lipinski definition) is 3. The van der Waals surface area contributed by atoms with Crippen LogP contribution < -0.4 is 15.4 Å². The maximum absolute atomic E-state index is 12.3. The molecule has 130 valence electrons. The predicted molar refractivity (Wildman–Crippen MR) is 79.3 cm³/mol. The first-order valence-corrected chi connectivity index (χ1v) is 7.16. The highest BCUT2D eigenvalue weighted by molar-refractivity contribution is 5.73. The maximum Gasteiger partial charge on any atom is 0.422 e. The number of amides is 2. The third-order valence-electron chi connectivity index (χ3n) is 2.90. The molecule has 0 fully saturated rings. The summed E-state index contributed by atoms with van der Waals surface area (Å²) in [5.41, 5.74) is 1.21. The molecule has 8 heteroatoms. The fourth-order valence-electron chi connectivity index (χ4n) is 1.73. The quantitative estimate of drug-likeness (QED) is 0.717. The zero-order chi connectivity index (χ0) is 17.5. The molecule has 0 saturated heterocycles. The SMILES string of the molecule is Cc1ccc(CNC(=O)NCCC(C)O)c(OCC(F)(F)F)c1. The Morgan fingerprint density at radius 1 is 1.35 bits per heavy atom. The highest BCUT2D eigenvalue weighted by atomic mass is 19.4. The summed E-state index contributed by atoms with van der Waals surface area (Å²) in [6.45, 7) is 2.30. The van der Waals surface area contributed by atoms with Gasteiger partial charge >= 0.3 is 12.2 Å². The Kier molecular flexibility index (Phi) is 7.15. The molecule has 0 aliphatic rings. The van der Waals surface area contributed by atoms with Crippen molar-refractivity contribution >= 4 is 6.03 Å². The first-order chi connectivity index (χ1) is 10.7. The van der Waals surface area contributed by atoms with Gasteiger partial charge < -0.3 is 20.5 Å². The van der Waals surface area contributed by atoms with E-state index in [0.29, 0.717) is 18.5 Å².